The minimum Gasteiger partial charge on any atom is -0.481 e. The largest absolute Gasteiger partial charge is 0.481 e. The molecule has 0 aromatic carbocycles. The summed E-state index contributed by atoms with van der Waals surface area (Å²) in [6.07, 6.45) is 21.3. The molecule has 0 unspecified atom stereocenters. The van der Waals surface area contributed by atoms with Crippen LogP contribution >= 0.6 is 0 Å². The molecule has 0 rings (SSSR count). The standard InChI is InChI=1S/C18H36O2.C4H6O2/c1-2-3-4-5-6-7-8-9-10-11-12-13-14-15-16-17-18(19)20;1-3-4(5)6-2/h2-17H2,1H3,(H,19,20);3H,1H2,2H3. The molecule has 0 aliphatic heterocycles. The normalized spacial score (nSPS) is 9.92. The van der Waals surface area contributed by atoms with Gasteiger partial charge in [0.1, 0.15) is 0 Å². The molecule has 0 fully saturated rings. The summed E-state index contributed by atoms with van der Waals surface area (Å²) in [7, 11) is 1.31. The third kappa shape index (κ3) is 27.5. The second-order valence-electron chi connectivity index (χ2n) is 6.82. The molecule has 4 heteroatoms. The van der Waals surface area contributed by atoms with Gasteiger partial charge in [0.25, 0.3) is 0 Å². The van der Waals surface area contributed by atoms with Crippen LogP contribution in [0, 0.1) is 0 Å². The van der Waals surface area contributed by atoms with Crippen molar-refractivity contribution in [1.29, 1.82) is 0 Å². The van der Waals surface area contributed by atoms with Crippen molar-refractivity contribution in [1.82, 2.24) is 0 Å². The summed E-state index contributed by atoms with van der Waals surface area (Å²) in [5.74, 6) is -1.05. The van der Waals surface area contributed by atoms with Crippen molar-refractivity contribution in [3.63, 3.8) is 0 Å². The number of hydrogen-bond acceptors (Lipinski definition) is 3. The highest BCUT2D eigenvalue weighted by atomic mass is 16.5. The number of rotatable bonds is 17. The fraction of sp³-hybridized carbons (Fsp3) is 0.818. The van der Waals surface area contributed by atoms with Crippen LogP contribution < -0.4 is 0 Å². The molecule has 26 heavy (non-hydrogen) atoms. The number of ether oxygens (including phenoxy) is 1. The number of carbonyl (C=O) groups excluding carboxylic acids is 1. The number of hydrogen-bond donors (Lipinski definition) is 1. The van der Waals surface area contributed by atoms with Gasteiger partial charge in [-0.2, -0.15) is 0 Å². The molecule has 0 aliphatic carbocycles. The zero-order valence-electron chi connectivity index (χ0n) is 17.3. The smallest absolute Gasteiger partial charge is 0.329 e. The average Bonchev–Trinajstić information content (AvgIpc) is 2.64. The average molecular weight is 371 g/mol. The first-order valence-corrected chi connectivity index (χ1v) is 10.5. The number of methoxy groups -OCH3 is 1. The van der Waals surface area contributed by atoms with Crippen molar-refractivity contribution >= 4 is 11.9 Å². The van der Waals surface area contributed by atoms with Crippen LogP contribution in [0.2, 0.25) is 0 Å². The highest BCUT2D eigenvalue weighted by molar-refractivity contribution is 5.80. The van der Waals surface area contributed by atoms with E-state index in [1.807, 2.05) is 0 Å². The molecule has 0 amide bonds. The number of carboxylic acid groups (broad SMARTS) is 1. The van der Waals surface area contributed by atoms with Gasteiger partial charge in [-0.15, -0.1) is 0 Å². The van der Waals surface area contributed by atoms with Gasteiger partial charge in [-0.3, -0.25) is 4.79 Å². The number of carbonyl (C=O) groups is 2. The first-order chi connectivity index (χ1) is 12.6. The van der Waals surface area contributed by atoms with Crippen molar-refractivity contribution in [3.8, 4) is 0 Å². The van der Waals surface area contributed by atoms with E-state index in [-0.39, 0.29) is 0 Å². The van der Waals surface area contributed by atoms with E-state index in [4.69, 9.17) is 5.11 Å². The van der Waals surface area contributed by atoms with Crippen molar-refractivity contribution < 1.29 is 19.4 Å². The minimum absolute atomic E-state index is 0.345. The fourth-order valence-electron chi connectivity index (χ4n) is 2.73. The highest BCUT2D eigenvalue weighted by Crippen LogP contribution is 2.13. The van der Waals surface area contributed by atoms with Crippen molar-refractivity contribution in [2.75, 3.05) is 7.11 Å². The summed E-state index contributed by atoms with van der Waals surface area (Å²) in [6.45, 7) is 5.43. The lowest BCUT2D eigenvalue weighted by atomic mass is 10.0. The Hall–Kier alpha value is -1.32. The molecule has 0 saturated carbocycles. The third-order valence-corrected chi connectivity index (χ3v) is 4.36. The summed E-state index contributed by atoms with van der Waals surface area (Å²) in [4.78, 5) is 20.2. The Morgan fingerprint density at radius 1 is 0.769 bits per heavy atom. The lowest BCUT2D eigenvalue weighted by molar-refractivity contribution is -0.137. The van der Waals surface area contributed by atoms with E-state index in [9.17, 15) is 9.59 Å². The van der Waals surface area contributed by atoms with Crippen LogP contribution in [0.15, 0.2) is 12.7 Å². The summed E-state index contributed by atoms with van der Waals surface area (Å²) in [6, 6.07) is 0. The Kier molecular flexibility index (Phi) is 24.5. The molecule has 0 aliphatic rings. The Morgan fingerprint density at radius 3 is 1.35 bits per heavy atom. The summed E-state index contributed by atoms with van der Waals surface area (Å²) in [5.41, 5.74) is 0. The van der Waals surface area contributed by atoms with E-state index in [0.29, 0.717) is 6.42 Å². The molecule has 0 saturated heterocycles. The number of esters is 1. The minimum atomic E-state index is -0.653. The monoisotopic (exact) mass is 370 g/mol. The molecule has 1 N–H and O–H groups in total. The topological polar surface area (TPSA) is 63.6 Å². The van der Waals surface area contributed by atoms with Crippen LogP contribution in [0.5, 0.6) is 0 Å². The second kappa shape index (κ2) is 23.7. The van der Waals surface area contributed by atoms with Crippen LogP contribution in [0.3, 0.4) is 0 Å². The highest BCUT2D eigenvalue weighted by Gasteiger charge is 1.97. The Morgan fingerprint density at radius 2 is 1.12 bits per heavy atom. The maximum atomic E-state index is 10.3. The van der Waals surface area contributed by atoms with Crippen molar-refractivity contribution in [2.24, 2.45) is 0 Å². The van der Waals surface area contributed by atoms with Gasteiger partial charge in [0, 0.05) is 12.5 Å². The SMILES string of the molecule is C=CC(=O)OC.CCCCCCCCCCCCCCCCCC(=O)O. The molecular formula is C22H42O4. The van der Waals surface area contributed by atoms with Crippen LogP contribution in [0.25, 0.3) is 0 Å². The van der Waals surface area contributed by atoms with Gasteiger partial charge in [-0.05, 0) is 6.42 Å². The van der Waals surface area contributed by atoms with E-state index in [1.54, 1.807) is 0 Å². The van der Waals surface area contributed by atoms with Gasteiger partial charge in [-0.25, -0.2) is 4.79 Å². The van der Waals surface area contributed by atoms with E-state index in [2.05, 4.69) is 18.2 Å². The van der Waals surface area contributed by atoms with Gasteiger partial charge in [0.05, 0.1) is 7.11 Å². The number of unbranched alkanes of at least 4 members (excludes halogenated alkanes) is 14. The van der Waals surface area contributed by atoms with Gasteiger partial charge < -0.3 is 9.84 Å². The quantitative estimate of drug-likeness (QED) is 0.176. The number of carboxylic acids is 1. The van der Waals surface area contributed by atoms with Crippen molar-refractivity contribution in [2.45, 2.75) is 110 Å². The first-order valence-electron chi connectivity index (χ1n) is 10.5. The van der Waals surface area contributed by atoms with Crippen molar-refractivity contribution in [3.05, 3.63) is 12.7 Å². The lowest BCUT2D eigenvalue weighted by Crippen LogP contribution is -1.93. The van der Waals surface area contributed by atoms with Gasteiger partial charge in [0.2, 0.25) is 0 Å². The molecule has 0 aromatic heterocycles. The van der Waals surface area contributed by atoms with E-state index < -0.39 is 11.9 Å². The predicted octanol–water partition coefficient (Wildman–Crippen LogP) is 6.68. The molecule has 0 spiro atoms. The zero-order valence-corrected chi connectivity index (χ0v) is 17.3. The van der Waals surface area contributed by atoms with Gasteiger partial charge in [0.15, 0.2) is 0 Å². The van der Waals surface area contributed by atoms with Gasteiger partial charge in [-0.1, -0.05) is 103 Å². The van der Waals surface area contributed by atoms with Gasteiger partial charge >= 0.3 is 11.9 Å². The fourth-order valence-corrected chi connectivity index (χ4v) is 2.73. The zero-order chi connectivity index (χ0) is 19.9. The molecule has 0 atom stereocenters. The van der Waals surface area contributed by atoms with Crippen LogP contribution in [-0.2, 0) is 14.3 Å². The van der Waals surface area contributed by atoms with E-state index in [1.165, 1.54) is 90.6 Å². The predicted molar refractivity (Wildman–Crippen MR) is 109 cm³/mol. The third-order valence-electron chi connectivity index (χ3n) is 4.36. The van der Waals surface area contributed by atoms with Crippen LogP contribution in [0.4, 0.5) is 0 Å². The lowest BCUT2D eigenvalue weighted by Gasteiger charge is -2.03. The van der Waals surface area contributed by atoms with E-state index >= 15 is 0 Å². The Labute approximate surface area is 161 Å². The summed E-state index contributed by atoms with van der Waals surface area (Å²) in [5, 5.41) is 8.52. The Bertz CT molecular complexity index is 326. The summed E-state index contributed by atoms with van der Waals surface area (Å²) >= 11 is 0. The summed E-state index contributed by atoms with van der Waals surface area (Å²) < 4.78 is 4.14. The number of aliphatic carboxylic acids is 1. The van der Waals surface area contributed by atoms with E-state index in [0.717, 1.165) is 18.9 Å². The molecule has 0 bridgehead atoms. The molecule has 0 heterocycles. The maximum Gasteiger partial charge on any atom is 0.329 e. The molecule has 0 aromatic rings. The van der Waals surface area contributed by atoms with Crippen LogP contribution in [-0.4, -0.2) is 24.2 Å². The second-order valence-corrected chi connectivity index (χ2v) is 6.82. The van der Waals surface area contributed by atoms with Crippen LogP contribution in [0.1, 0.15) is 110 Å². The molecular weight excluding hydrogens is 328 g/mol. The first kappa shape index (κ1) is 26.9. The molecule has 4 nitrogen and oxygen atoms in total. The molecule has 0 radical (unpaired) electrons. The Balaban J connectivity index is 0. The molecule has 154 valence electrons. The maximum absolute atomic E-state index is 10.3.